The minimum atomic E-state index is 0.738. The predicted molar refractivity (Wildman–Crippen MR) is 80.8 cm³/mol. The molecule has 2 heterocycles. The van der Waals surface area contributed by atoms with Crippen LogP contribution in [0.25, 0.3) is 0 Å². The molecule has 18 heavy (non-hydrogen) atoms. The number of aliphatic imine (C=N–C) groups is 2. The van der Waals surface area contributed by atoms with Gasteiger partial charge in [0.1, 0.15) is 6.67 Å². The van der Waals surface area contributed by atoms with Gasteiger partial charge in [0.05, 0.1) is 12.9 Å². The summed E-state index contributed by atoms with van der Waals surface area (Å²) in [5.74, 6) is 0. The summed E-state index contributed by atoms with van der Waals surface area (Å²) in [6.45, 7) is 1.69. The van der Waals surface area contributed by atoms with Crippen LogP contribution >= 0.6 is 23.1 Å². The van der Waals surface area contributed by atoms with Crippen LogP contribution in [0.4, 0.5) is 0 Å². The maximum atomic E-state index is 4.42. The quantitative estimate of drug-likeness (QED) is 0.832. The zero-order chi connectivity index (χ0) is 12.4. The number of amidine groups is 1. The average molecular weight is 279 g/mol. The van der Waals surface area contributed by atoms with E-state index in [4.69, 9.17) is 0 Å². The Kier molecular flexibility index (Phi) is 3.70. The molecule has 5 heteroatoms. The third kappa shape index (κ3) is 2.62. The lowest BCUT2D eigenvalue weighted by molar-refractivity contribution is 0.439. The van der Waals surface area contributed by atoms with Crippen LogP contribution in [0.2, 0.25) is 0 Å². The molecule has 0 saturated carbocycles. The van der Waals surface area contributed by atoms with Gasteiger partial charge in [-0.3, -0.25) is 0 Å². The smallest absolute Gasteiger partial charge is 0.185 e. The Morgan fingerprint density at radius 1 is 1.39 bits per heavy atom. The van der Waals surface area contributed by atoms with Gasteiger partial charge in [-0.25, -0.2) is 9.98 Å². The summed E-state index contributed by atoms with van der Waals surface area (Å²) >= 11 is 3.58. The lowest BCUT2D eigenvalue weighted by atomic mass is 9.99. The van der Waals surface area contributed by atoms with Crippen molar-refractivity contribution < 1.29 is 0 Å². The fourth-order valence-corrected chi connectivity index (χ4v) is 4.02. The van der Waals surface area contributed by atoms with Gasteiger partial charge >= 0.3 is 0 Å². The highest BCUT2D eigenvalue weighted by atomic mass is 32.2. The second kappa shape index (κ2) is 5.45. The van der Waals surface area contributed by atoms with Crippen LogP contribution in [-0.2, 0) is 19.4 Å². The van der Waals surface area contributed by atoms with E-state index in [1.807, 2.05) is 23.9 Å². The van der Waals surface area contributed by atoms with Crippen LogP contribution in [0.1, 0.15) is 28.2 Å². The highest BCUT2D eigenvalue weighted by Gasteiger charge is 2.15. The minimum absolute atomic E-state index is 0.738. The third-order valence-corrected chi connectivity index (χ3v) is 5.13. The van der Waals surface area contributed by atoms with Gasteiger partial charge in [0.25, 0.3) is 0 Å². The van der Waals surface area contributed by atoms with E-state index < -0.39 is 0 Å². The monoisotopic (exact) mass is 279 g/mol. The Labute approximate surface area is 116 Å². The van der Waals surface area contributed by atoms with Crippen LogP contribution in [0.5, 0.6) is 0 Å². The Balaban J connectivity index is 1.65. The standard InChI is InChI=1S/C13H17N3S2/c1-17-13-14-8-16(9-15-13)7-11-6-10-4-2-3-5-12(10)18-11/h6,8H,2-5,7,9H2,1H3. The van der Waals surface area contributed by atoms with Gasteiger partial charge in [0, 0.05) is 9.75 Å². The summed E-state index contributed by atoms with van der Waals surface area (Å²) in [5.41, 5.74) is 1.59. The van der Waals surface area contributed by atoms with Crippen molar-refractivity contribution in [2.75, 3.05) is 12.9 Å². The lowest BCUT2D eigenvalue weighted by Crippen LogP contribution is -2.25. The first-order valence-corrected chi connectivity index (χ1v) is 8.36. The number of thiophene rings is 1. The minimum Gasteiger partial charge on any atom is -0.338 e. The molecular formula is C13H17N3S2. The molecule has 0 unspecified atom stereocenters. The van der Waals surface area contributed by atoms with E-state index in [9.17, 15) is 0 Å². The van der Waals surface area contributed by atoms with Crippen LogP contribution in [0.3, 0.4) is 0 Å². The Bertz CT molecular complexity index is 467. The summed E-state index contributed by atoms with van der Waals surface area (Å²) in [4.78, 5) is 14.0. The van der Waals surface area contributed by atoms with Crippen molar-refractivity contribution in [3.63, 3.8) is 0 Å². The molecule has 0 aromatic carbocycles. The Morgan fingerprint density at radius 3 is 3.00 bits per heavy atom. The van der Waals surface area contributed by atoms with E-state index in [1.54, 1.807) is 22.2 Å². The molecule has 1 aliphatic heterocycles. The van der Waals surface area contributed by atoms with E-state index in [-0.39, 0.29) is 0 Å². The highest BCUT2D eigenvalue weighted by Crippen LogP contribution is 2.30. The number of aryl methyl sites for hydroxylation is 2. The molecule has 1 aromatic rings. The SMILES string of the molecule is CSC1=NCN(Cc2cc3c(s2)CCCC3)C=N1. The molecule has 3 rings (SSSR count). The van der Waals surface area contributed by atoms with Gasteiger partial charge in [0.2, 0.25) is 0 Å². The van der Waals surface area contributed by atoms with Crippen molar-refractivity contribution in [2.24, 2.45) is 9.98 Å². The molecule has 0 bridgehead atoms. The molecule has 1 aromatic heterocycles. The molecule has 1 aliphatic carbocycles. The van der Waals surface area contributed by atoms with E-state index in [1.165, 1.54) is 30.6 Å². The van der Waals surface area contributed by atoms with E-state index in [0.717, 1.165) is 18.4 Å². The largest absolute Gasteiger partial charge is 0.338 e. The van der Waals surface area contributed by atoms with Gasteiger partial charge in [-0.05, 0) is 43.6 Å². The topological polar surface area (TPSA) is 28.0 Å². The Morgan fingerprint density at radius 2 is 2.28 bits per heavy atom. The van der Waals surface area contributed by atoms with Gasteiger partial charge in [-0.2, -0.15) is 0 Å². The molecular weight excluding hydrogens is 262 g/mol. The number of hydrogen-bond donors (Lipinski definition) is 0. The van der Waals surface area contributed by atoms with Crippen molar-refractivity contribution in [1.29, 1.82) is 0 Å². The average Bonchev–Trinajstić information content (AvgIpc) is 2.82. The summed E-state index contributed by atoms with van der Waals surface area (Å²) in [6, 6.07) is 2.39. The number of rotatable bonds is 2. The first-order chi connectivity index (χ1) is 8.85. The van der Waals surface area contributed by atoms with Crippen LogP contribution in [-0.4, -0.2) is 29.3 Å². The number of thioether (sulfide) groups is 1. The second-order valence-electron chi connectivity index (χ2n) is 4.65. The molecule has 0 spiro atoms. The fourth-order valence-electron chi connectivity index (χ4n) is 2.40. The molecule has 3 nitrogen and oxygen atoms in total. The maximum absolute atomic E-state index is 4.42. The molecule has 0 N–H and O–H groups in total. The maximum Gasteiger partial charge on any atom is 0.185 e. The van der Waals surface area contributed by atoms with Crippen LogP contribution in [0, 0.1) is 0 Å². The Hall–Kier alpha value is -0.810. The van der Waals surface area contributed by atoms with Crippen molar-refractivity contribution in [3.8, 4) is 0 Å². The summed E-state index contributed by atoms with van der Waals surface area (Å²) in [6.07, 6.45) is 9.21. The lowest BCUT2D eigenvalue weighted by Gasteiger charge is -2.19. The number of fused-ring (bicyclic) bond motifs is 1. The molecule has 0 radical (unpaired) electrons. The molecule has 0 fully saturated rings. The summed E-state index contributed by atoms with van der Waals surface area (Å²) in [5, 5.41) is 0.886. The highest BCUT2D eigenvalue weighted by molar-refractivity contribution is 8.13. The third-order valence-electron chi connectivity index (χ3n) is 3.31. The number of nitrogens with zero attached hydrogens (tertiary/aromatic N) is 3. The summed E-state index contributed by atoms with van der Waals surface area (Å²) in [7, 11) is 0. The van der Waals surface area contributed by atoms with E-state index in [0.29, 0.717) is 0 Å². The zero-order valence-corrected chi connectivity index (χ0v) is 12.2. The fraction of sp³-hybridized carbons (Fsp3) is 0.538. The summed E-state index contributed by atoms with van der Waals surface area (Å²) < 4.78 is 0. The predicted octanol–water partition coefficient (Wildman–Crippen LogP) is 3.15. The van der Waals surface area contributed by atoms with Crippen molar-refractivity contribution in [3.05, 3.63) is 21.4 Å². The first kappa shape index (κ1) is 12.2. The van der Waals surface area contributed by atoms with Crippen LogP contribution in [0.15, 0.2) is 16.1 Å². The van der Waals surface area contributed by atoms with Gasteiger partial charge in [0.15, 0.2) is 5.17 Å². The van der Waals surface area contributed by atoms with Crippen molar-refractivity contribution in [1.82, 2.24) is 4.90 Å². The van der Waals surface area contributed by atoms with Gasteiger partial charge in [-0.1, -0.05) is 11.8 Å². The first-order valence-electron chi connectivity index (χ1n) is 6.32. The molecule has 0 amide bonds. The second-order valence-corrected chi connectivity index (χ2v) is 6.64. The van der Waals surface area contributed by atoms with Gasteiger partial charge in [-0.15, -0.1) is 11.3 Å². The number of hydrogen-bond acceptors (Lipinski definition) is 5. The zero-order valence-electron chi connectivity index (χ0n) is 10.6. The molecule has 2 aliphatic rings. The van der Waals surface area contributed by atoms with Crippen molar-refractivity contribution in [2.45, 2.75) is 32.2 Å². The van der Waals surface area contributed by atoms with E-state index >= 15 is 0 Å². The normalized spacial score (nSPS) is 18.7. The molecule has 0 atom stereocenters. The van der Waals surface area contributed by atoms with E-state index in [2.05, 4.69) is 21.0 Å². The molecule has 0 saturated heterocycles. The van der Waals surface area contributed by atoms with Gasteiger partial charge < -0.3 is 4.90 Å². The molecule has 96 valence electrons. The van der Waals surface area contributed by atoms with Crippen LogP contribution < -0.4 is 0 Å². The van der Waals surface area contributed by atoms with Crippen molar-refractivity contribution >= 4 is 34.6 Å².